The number of azo groups is 1. The van der Waals surface area contributed by atoms with Crippen LogP contribution in [-0.4, -0.2) is 0 Å². The number of nitrogens with two attached hydrogens (primary N) is 1. The molecule has 0 spiro atoms. The average Bonchev–Trinajstić information content (AvgIpc) is 2.46. The van der Waals surface area contributed by atoms with Gasteiger partial charge in [-0.2, -0.15) is 5.26 Å². The van der Waals surface area contributed by atoms with Gasteiger partial charge < -0.3 is 5.73 Å². The highest BCUT2D eigenvalue weighted by molar-refractivity contribution is 5.70. The maximum Gasteiger partial charge on any atom is 0.226 e. The zero-order chi connectivity index (χ0) is 13.5. The van der Waals surface area contributed by atoms with Crippen LogP contribution < -0.4 is 5.73 Å². The van der Waals surface area contributed by atoms with E-state index in [4.69, 9.17) is 11.0 Å². The summed E-state index contributed by atoms with van der Waals surface area (Å²) in [6.07, 6.45) is 5.62. The summed E-state index contributed by atoms with van der Waals surface area (Å²) in [4.78, 5) is 0. The van der Waals surface area contributed by atoms with Crippen molar-refractivity contribution in [3.8, 4) is 6.19 Å². The lowest BCUT2D eigenvalue weighted by Gasteiger charge is -1.96. The lowest BCUT2D eigenvalue weighted by Crippen LogP contribution is -1.82. The number of hydrogen-bond donors (Lipinski definition) is 1. The molecule has 4 heteroatoms. The molecule has 0 atom stereocenters. The summed E-state index contributed by atoms with van der Waals surface area (Å²) in [6.45, 7) is 0. The summed E-state index contributed by atoms with van der Waals surface area (Å²) < 4.78 is 0. The Balaban J connectivity index is 2.09. The van der Waals surface area contributed by atoms with Gasteiger partial charge in [0, 0.05) is 5.69 Å². The number of benzene rings is 2. The summed E-state index contributed by atoms with van der Waals surface area (Å²) >= 11 is 0. The highest BCUT2D eigenvalue weighted by atomic mass is 15.1. The van der Waals surface area contributed by atoms with Gasteiger partial charge in [-0.3, -0.25) is 0 Å². The molecule has 0 aliphatic rings. The lowest BCUT2D eigenvalue weighted by atomic mass is 10.1. The van der Waals surface area contributed by atoms with Crippen LogP contribution in [0.3, 0.4) is 0 Å². The van der Waals surface area contributed by atoms with E-state index in [1.165, 1.54) is 0 Å². The van der Waals surface area contributed by atoms with Crippen molar-refractivity contribution >= 4 is 23.5 Å². The number of nitrogen functional groups attached to an aromatic ring is 1. The molecule has 0 fully saturated rings. The first-order valence-corrected chi connectivity index (χ1v) is 5.71. The van der Waals surface area contributed by atoms with Crippen LogP contribution in [0.25, 0.3) is 12.2 Å². The summed E-state index contributed by atoms with van der Waals surface area (Å²) in [5.41, 5.74) is 9.17. The van der Waals surface area contributed by atoms with Crippen molar-refractivity contribution in [2.24, 2.45) is 10.2 Å². The zero-order valence-electron chi connectivity index (χ0n) is 10.2. The van der Waals surface area contributed by atoms with Crippen LogP contribution in [-0.2, 0) is 0 Å². The first-order valence-electron chi connectivity index (χ1n) is 5.71. The fraction of sp³-hybridized carbons (Fsp3) is 0. The van der Waals surface area contributed by atoms with E-state index in [0.717, 1.165) is 16.8 Å². The Morgan fingerprint density at radius 2 is 1.42 bits per heavy atom. The van der Waals surface area contributed by atoms with Crippen molar-refractivity contribution in [2.75, 3.05) is 5.73 Å². The van der Waals surface area contributed by atoms with E-state index < -0.39 is 0 Å². The van der Waals surface area contributed by atoms with Crippen LogP contribution >= 0.6 is 0 Å². The van der Waals surface area contributed by atoms with E-state index in [2.05, 4.69) is 10.2 Å². The standard InChI is InChI=1S/C15H12N4/c16-11-18-19-15-9-5-13(6-10-15)2-1-12-3-7-14(17)8-4-12/h1-10H,17H2/b2-1+,19-18+. The van der Waals surface area contributed by atoms with Crippen LogP contribution in [0.15, 0.2) is 58.8 Å². The minimum Gasteiger partial charge on any atom is -0.399 e. The number of hydrogen-bond acceptors (Lipinski definition) is 4. The van der Waals surface area contributed by atoms with Crippen molar-refractivity contribution < 1.29 is 0 Å². The highest BCUT2D eigenvalue weighted by Gasteiger charge is 1.91. The summed E-state index contributed by atoms with van der Waals surface area (Å²) in [5, 5.41) is 15.3. The Morgan fingerprint density at radius 3 is 1.95 bits per heavy atom. The molecule has 2 rings (SSSR count). The van der Waals surface area contributed by atoms with Gasteiger partial charge in [-0.05, 0) is 35.4 Å². The molecule has 0 heterocycles. The molecule has 19 heavy (non-hydrogen) atoms. The van der Waals surface area contributed by atoms with E-state index in [9.17, 15) is 0 Å². The predicted octanol–water partition coefficient (Wildman–Crippen LogP) is 4.00. The van der Waals surface area contributed by atoms with E-state index >= 15 is 0 Å². The molecular formula is C15H12N4. The van der Waals surface area contributed by atoms with Gasteiger partial charge >= 0.3 is 0 Å². The van der Waals surface area contributed by atoms with E-state index in [-0.39, 0.29) is 0 Å². The zero-order valence-corrected chi connectivity index (χ0v) is 10.2. The van der Waals surface area contributed by atoms with E-state index in [1.807, 2.05) is 60.7 Å². The Morgan fingerprint density at radius 1 is 0.895 bits per heavy atom. The molecule has 0 amide bonds. The Kier molecular flexibility index (Phi) is 4.04. The molecule has 0 bridgehead atoms. The summed E-state index contributed by atoms with van der Waals surface area (Å²) in [7, 11) is 0. The Labute approximate surface area is 111 Å². The van der Waals surface area contributed by atoms with Crippen LogP contribution in [0, 0.1) is 11.5 Å². The molecule has 0 radical (unpaired) electrons. The quantitative estimate of drug-likeness (QED) is 0.385. The number of anilines is 1. The van der Waals surface area contributed by atoms with Crippen LogP contribution in [0.4, 0.5) is 11.4 Å². The second-order valence-electron chi connectivity index (χ2n) is 3.89. The lowest BCUT2D eigenvalue weighted by molar-refractivity contribution is 1.23. The van der Waals surface area contributed by atoms with Crippen LogP contribution in [0.5, 0.6) is 0 Å². The predicted molar refractivity (Wildman–Crippen MR) is 76.4 cm³/mol. The minimum absolute atomic E-state index is 0.659. The van der Waals surface area contributed by atoms with Crippen molar-refractivity contribution in [1.29, 1.82) is 5.26 Å². The normalized spacial score (nSPS) is 10.9. The fourth-order valence-electron chi connectivity index (χ4n) is 1.53. The molecule has 0 aliphatic heterocycles. The fourth-order valence-corrected chi connectivity index (χ4v) is 1.53. The minimum atomic E-state index is 0.659. The summed E-state index contributed by atoms with van der Waals surface area (Å²) in [5.74, 6) is 0. The topological polar surface area (TPSA) is 74.5 Å². The van der Waals surface area contributed by atoms with Crippen molar-refractivity contribution in [2.45, 2.75) is 0 Å². The number of nitriles is 1. The molecule has 2 aromatic carbocycles. The van der Waals surface area contributed by atoms with Crippen LogP contribution in [0.1, 0.15) is 11.1 Å². The van der Waals surface area contributed by atoms with Crippen molar-refractivity contribution in [3.63, 3.8) is 0 Å². The molecule has 2 N–H and O–H groups in total. The Bertz CT molecular complexity index is 631. The molecule has 4 nitrogen and oxygen atoms in total. The highest BCUT2D eigenvalue weighted by Crippen LogP contribution is 2.15. The first kappa shape index (κ1) is 12.5. The second-order valence-corrected chi connectivity index (χ2v) is 3.89. The van der Waals surface area contributed by atoms with Gasteiger partial charge in [-0.1, -0.05) is 41.5 Å². The van der Waals surface area contributed by atoms with Gasteiger partial charge in [0.25, 0.3) is 0 Å². The average molecular weight is 248 g/mol. The van der Waals surface area contributed by atoms with Crippen molar-refractivity contribution in [3.05, 3.63) is 59.7 Å². The SMILES string of the molecule is N#C/N=N/c1ccc(/C=C/c2ccc(N)cc2)cc1. The first-order chi connectivity index (χ1) is 9.28. The molecule has 0 aromatic heterocycles. The molecule has 0 aliphatic carbocycles. The molecule has 92 valence electrons. The third-order valence-electron chi connectivity index (χ3n) is 2.51. The second kappa shape index (κ2) is 6.12. The van der Waals surface area contributed by atoms with Crippen LogP contribution in [0.2, 0.25) is 0 Å². The smallest absolute Gasteiger partial charge is 0.226 e. The van der Waals surface area contributed by atoms with E-state index in [1.54, 1.807) is 6.19 Å². The number of nitrogens with zero attached hydrogens (tertiary/aromatic N) is 3. The van der Waals surface area contributed by atoms with Gasteiger partial charge in [0.1, 0.15) is 0 Å². The van der Waals surface area contributed by atoms with Gasteiger partial charge in [-0.15, -0.1) is 5.11 Å². The van der Waals surface area contributed by atoms with Gasteiger partial charge in [0.05, 0.1) is 5.69 Å². The summed E-state index contributed by atoms with van der Waals surface area (Å²) in [6, 6.07) is 15.1. The maximum absolute atomic E-state index is 8.28. The Hall–Kier alpha value is -2.93. The molecule has 0 saturated heterocycles. The molecule has 0 unspecified atom stereocenters. The van der Waals surface area contributed by atoms with Gasteiger partial charge in [-0.25, -0.2) is 0 Å². The molecular weight excluding hydrogens is 236 g/mol. The maximum atomic E-state index is 8.28. The van der Waals surface area contributed by atoms with Crippen molar-refractivity contribution in [1.82, 2.24) is 0 Å². The molecule has 2 aromatic rings. The largest absolute Gasteiger partial charge is 0.399 e. The van der Waals surface area contributed by atoms with E-state index in [0.29, 0.717) is 5.69 Å². The third-order valence-corrected chi connectivity index (χ3v) is 2.51. The van der Waals surface area contributed by atoms with Gasteiger partial charge in [0.15, 0.2) is 0 Å². The van der Waals surface area contributed by atoms with Gasteiger partial charge in [0.2, 0.25) is 6.19 Å². The third kappa shape index (κ3) is 3.79. The number of rotatable bonds is 3. The monoisotopic (exact) mass is 248 g/mol. The molecule has 0 saturated carbocycles.